The average molecular weight is 413 g/mol. The van der Waals surface area contributed by atoms with Crippen molar-refractivity contribution in [1.29, 1.82) is 0 Å². The van der Waals surface area contributed by atoms with Crippen molar-refractivity contribution in [3.63, 3.8) is 0 Å². The van der Waals surface area contributed by atoms with Crippen molar-refractivity contribution >= 4 is 10.0 Å². The van der Waals surface area contributed by atoms with Crippen LogP contribution < -0.4 is 0 Å². The molecule has 3 heterocycles. The minimum Gasteiger partial charge on any atom is -0.339 e. The summed E-state index contributed by atoms with van der Waals surface area (Å²) in [6, 6.07) is 13.4. The molecule has 0 spiro atoms. The molecular weight excluding hydrogens is 388 g/mol. The van der Waals surface area contributed by atoms with Gasteiger partial charge in [0, 0.05) is 37.0 Å². The Morgan fingerprint density at radius 2 is 1.90 bits per heavy atom. The molecule has 2 atom stereocenters. The van der Waals surface area contributed by atoms with Crippen LogP contribution in [0, 0.1) is 0 Å². The van der Waals surface area contributed by atoms with Gasteiger partial charge in [-0.3, -0.25) is 4.98 Å². The number of unbranched alkanes of at least 4 members (excludes halogenated alkanes) is 1. The zero-order valence-electron chi connectivity index (χ0n) is 16.3. The van der Waals surface area contributed by atoms with Crippen LogP contribution in [-0.2, 0) is 10.0 Å². The highest BCUT2D eigenvalue weighted by atomic mass is 32.2. The van der Waals surface area contributed by atoms with Gasteiger partial charge >= 0.3 is 0 Å². The summed E-state index contributed by atoms with van der Waals surface area (Å²) >= 11 is 0. The molecule has 29 heavy (non-hydrogen) atoms. The van der Waals surface area contributed by atoms with Crippen LogP contribution in [0.25, 0.3) is 11.4 Å². The highest BCUT2D eigenvalue weighted by Crippen LogP contribution is 2.40. The number of nitrogens with zero attached hydrogens (tertiary/aromatic N) is 4. The Morgan fingerprint density at radius 1 is 1.10 bits per heavy atom. The van der Waals surface area contributed by atoms with Gasteiger partial charge in [0.05, 0.1) is 11.7 Å². The molecule has 0 N–H and O–H groups in total. The molecule has 1 aliphatic rings. The largest absolute Gasteiger partial charge is 0.339 e. The van der Waals surface area contributed by atoms with Crippen LogP contribution in [0.15, 0.2) is 59.4 Å². The normalized spacial score (nSPS) is 20.2. The van der Waals surface area contributed by atoms with Crippen LogP contribution >= 0.6 is 0 Å². The van der Waals surface area contributed by atoms with E-state index in [2.05, 4.69) is 15.1 Å². The van der Waals surface area contributed by atoms with Gasteiger partial charge in [-0.2, -0.15) is 4.98 Å². The number of benzene rings is 1. The maximum atomic E-state index is 12.8. The van der Waals surface area contributed by atoms with Crippen molar-refractivity contribution < 1.29 is 12.9 Å². The van der Waals surface area contributed by atoms with Gasteiger partial charge in [0.1, 0.15) is 0 Å². The van der Waals surface area contributed by atoms with Crippen molar-refractivity contribution in [2.45, 2.75) is 31.6 Å². The second kappa shape index (κ2) is 8.42. The molecule has 1 aromatic carbocycles. The Labute approximate surface area is 170 Å². The predicted molar refractivity (Wildman–Crippen MR) is 110 cm³/mol. The summed E-state index contributed by atoms with van der Waals surface area (Å²) in [5, 5.41) is 4.13. The Kier molecular flexibility index (Phi) is 5.73. The third kappa shape index (κ3) is 4.23. The Hall–Kier alpha value is -2.58. The number of sulfonamides is 1. The van der Waals surface area contributed by atoms with Gasteiger partial charge < -0.3 is 4.52 Å². The number of hydrogen-bond acceptors (Lipinski definition) is 6. The minimum absolute atomic E-state index is 0.0795. The van der Waals surface area contributed by atoms with E-state index >= 15 is 0 Å². The van der Waals surface area contributed by atoms with Crippen LogP contribution in [-0.4, -0.2) is 46.7 Å². The molecule has 8 heteroatoms. The van der Waals surface area contributed by atoms with Gasteiger partial charge in [0.25, 0.3) is 0 Å². The third-order valence-corrected chi connectivity index (χ3v) is 7.23. The third-order valence-electron chi connectivity index (χ3n) is 5.34. The maximum Gasteiger partial charge on any atom is 0.232 e. The van der Waals surface area contributed by atoms with Crippen LogP contribution in [0.4, 0.5) is 0 Å². The first kappa shape index (κ1) is 19.7. The van der Waals surface area contributed by atoms with E-state index in [0.717, 1.165) is 17.5 Å². The topological polar surface area (TPSA) is 89.2 Å². The fourth-order valence-electron chi connectivity index (χ4n) is 3.72. The monoisotopic (exact) mass is 412 g/mol. The van der Waals surface area contributed by atoms with Crippen molar-refractivity contribution in [3.8, 4) is 11.4 Å². The molecule has 1 fully saturated rings. The van der Waals surface area contributed by atoms with Crippen LogP contribution in [0.1, 0.15) is 43.1 Å². The second-order valence-electron chi connectivity index (χ2n) is 7.31. The summed E-state index contributed by atoms with van der Waals surface area (Å²) in [6.45, 7) is 2.72. The minimum atomic E-state index is -3.33. The van der Waals surface area contributed by atoms with Gasteiger partial charge in [0.15, 0.2) is 0 Å². The Balaban J connectivity index is 1.65. The first-order valence-electron chi connectivity index (χ1n) is 9.85. The lowest BCUT2D eigenvalue weighted by molar-refractivity contribution is 0.348. The summed E-state index contributed by atoms with van der Waals surface area (Å²) in [5.74, 6) is 0.850. The van der Waals surface area contributed by atoms with E-state index in [1.807, 2.05) is 49.4 Å². The number of rotatable bonds is 7. The number of aromatic nitrogens is 3. The summed E-state index contributed by atoms with van der Waals surface area (Å²) in [7, 11) is -3.33. The summed E-state index contributed by atoms with van der Waals surface area (Å²) in [5.41, 5.74) is 1.84. The van der Waals surface area contributed by atoms with Gasteiger partial charge in [-0.1, -0.05) is 54.9 Å². The summed E-state index contributed by atoms with van der Waals surface area (Å²) in [4.78, 5) is 8.81. The molecule has 0 unspecified atom stereocenters. The average Bonchev–Trinajstić information content (AvgIpc) is 3.41. The van der Waals surface area contributed by atoms with Gasteiger partial charge in [-0.15, -0.1) is 0 Å². The van der Waals surface area contributed by atoms with Crippen LogP contribution in [0.2, 0.25) is 0 Å². The molecule has 4 rings (SSSR count). The van der Waals surface area contributed by atoms with Crippen LogP contribution in [0.3, 0.4) is 0 Å². The smallest absolute Gasteiger partial charge is 0.232 e. The Bertz CT molecular complexity index is 1040. The molecule has 0 radical (unpaired) electrons. The highest BCUT2D eigenvalue weighted by Gasteiger charge is 2.42. The van der Waals surface area contributed by atoms with Crippen molar-refractivity contribution in [2.24, 2.45) is 0 Å². The van der Waals surface area contributed by atoms with E-state index in [0.29, 0.717) is 31.2 Å². The summed E-state index contributed by atoms with van der Waals surface area (Å²) < 4.78 is 32.8. The molecule has 0 bridgehead atoms. The SMILES string of the molecule is CCCCS(=O)(=O)N1C[C@@H](c2cccnc2)[C@H](c2nc(-c3ccccc3)no2)C1. The lowest BCUT2D eigenvalue weighted by atomic mass is 9.90. The van der Waals surface area contributed by atoms with Gasteiger partial charge in [-0.05, 0) is 18.1 Å². The van der Waals surface area contributed by atoms with E-state index in [4.69, 9.17) is 4.52 Å². The quantitative estimate of drug-likeness (QED) is 0.590. The van der Waals surface area contributed by atoms with E-state index in [9.17, 15) is 8.42 Å². The van der Waals surface area contributed by atoms with E-state index in [1.54, 1.807) is 16.7 Å². The fraction of sp³-hybridized carbons (Fsp3) is 0.381. The van der Waals surface area contributed by atoms with Crippen molar-refractivity contribution in [3.05, 3.63) is 66.3 Å². The highest BCUT2D eigenvalue weighted by molar-refractivity contribution is 7.89. The first-order valence-corrected chi connectivity index (χ1v) is 11.5. The molecule has 152 valence electrons. The zero-order chi connectivity index (χ0) is 20.3. The Morgan fingerprint density at radius 3 is 2.62 bits per heavy atom. The lowest BCUT2D eigenvalue weighted by Crippen LogP contribution is -2.31. The first-order chi connectivity index (χ1) is 14.1. The second-order valence-corrected chi connectivity index (χ2v) is 9.40. The zero-order valence-corrected chi connectivity index (χ0v) is 17.1. The molecule has 1 saturated heterocycles. The molecule has 0 amide bonds. The van der Waals surface area contributed by atoms with E-state index < -0.39 is 10.0 Å². The predicted octanol–water partition coefficient (Wildman–Crippen LogP) is 3.44. The van der Waals surface area contributed by atoms with E-state index in [1.165, 1.54) is 0 Å². The maximum absolute atomic E-state index is 12.8. The lowest BCUT2D eigenvalue weighted by Gasteiger charge is -2.16. The summed E-state index contributed by atoms with van der Waals surface area (Å²) in [6.07, 6.45) is 4.99. The molecule has 0 aliphatic carbocycles. The molecular formula is C21H24N4O3S. The van der Waals surface area contributed by atoms with E-state index in [-0.39, 0.29) is 17.6 Å². The van der Waals surface area contributed by atoms with Gasteiger partial charge in [0.2, 0.25) is 21.7 Å². The van der Waals surface area contributed by atoms with Gasteiger partial charge in [-0.25, -0.2) is 12.7 Å². The fourth-order valence-corrected chi connectivity index (χ4v) is 5.41. The molecule has 2 aromatic heterocycles. The van der Waals surface area contributed by atoms with Crippen molar-refractivity contribution in [1.82, 2.24) is 19.4 Å². The molecule has 1 aliphatic heterocycles. The molecule has 3 aromatic rings. The van der Waals surface area contributed by atoms with Crippen molar-refractivity contribution in [2.75, 3.05) is 18.8 Å². The van der Waals surface area contributed by atoms with Crippen LogP contribution in [0.5, 0.6) is 0 Å². The number of hydrogen-bond donors (Lipinski definition) is 0. The molecule has 0 saturated carbocycles. The number of pyridine rings is 1. The standard InChI is InChI=1S/C21H24N4O3S/c1-2-3-12-29(26,27)25-14-18(17-10-7-11-22-13-17)19(15-25)21-23-20(24-28-21)16-8-5-4-6-9-16/h4-11,13,18-19H,2-3,12,14-15H2,1H3/t18-,19+/m0/s1. The molecule has 7 nitrogen and oxygen atoms in total.